The Morgan fingerprint density at radius 2 is 1.75 bits per heavy atom. The molecule has 1 aromatic heterocycles. The summed E-state index contributed by atoms with van der Waals surface area (Å²) in [6, 6.07) is 5.76. The van der Waals surface area contributed by atoms with Crippen molar-refractivity contribution in [1.82, 2.24) is 14.8 Å². The van der Waals surface area contributed by atoms with Gasteiger partial charge in [0.1, 0.15) is 6.07 Å². The van der Waals surface area contributed by atoms with Crippen LogP contribution >= 0.6 is 0 Å². The number of nitrogens with zero attached hydrogens (tertiary/aromatic N) is 4. The lowest BCUT2D eigenvalue weighted by molar-refractivity contribution is -0.183. The lowest BCUT2D eigenvalue weighted by Crippen LogP contribution is -2.49. The third-order valence-corrected chi connectivity index (χ3v) is 5.50. The zero-order valence-electron chi connectivity index (χ0n) is 15.8. The number of allylic oxidation sites excluding steroid dienone is 1. The van der Waals surface area contributed by atoms with Crippen molar-refractivity contribution in [3.8, 4) is 6.07 Å². The molecule has 150 valence electrons. The highest BCUT2D eigenvalue weighted by molar-refractivity contribution is 5.78. The molecular formula is C20H23F3N4O. The Labute approximate surface area is 162 Å². The lowest BCUT2D eigenvalue weighted by atomic mass is 9.95. The van der Waals surface area contributed by atoms with E-state index in [0.29, 0.717) is 37.2 Å². The quantitative estimate of drug-likeness (QED) is 0.675. The molecule has 28 heavy (non-hydrogen) atoms. The van der Waals surface area contributed by atoms with Gasteiger partial charge in [-0.05, 0) is 49.8 Å². The van der Waals surface area contributed by atoms with E-state index in [2.05, 4.69) is 11.1 Å². The van der Waals surface area contributed by atoms with E-state index in [-0.39, 0.29) is 32.0 Å². The number of alkyl halides is 3. The number of hydrogen-bond donors (Lipinski definition) is 0. The molecule has 0 bridgehead atoms. The van der Waals surface area contributed by atoms with Crippen molar-refractivity contribution in [3.63, 3.8) is 0 Å². The summed E-state index contributed by atoms with van der Waals surface area (Å²) in [6.45, 7) is 3.13. The van der Waals surface area contributed by atoms with Crippen molar-refractivity contribution in [1.29, 1.82) is 5.26 Å². The van der Waals surface area contributed by atoms with Crippen molar-refractivity contribution in [3.05, 3.63) is 35.2 Å². The Morgan fingerprint density at radius 1 is 1.14 bits per heavy atom. The Hall–Kier alpha value is -2.56. The molecule has 0 spiro atoms. The maximum Gasteiger partial charge on any atom is 0.391 e. The van der Waals surface area contributed by atoms with Gasteiger partial charge in [0, 0.05) is 32.4 Å². The number of aromatic nitrogens is 1. The molecule has 0 atom stereocenters. The third-order valence-electron chi connectivity index (χ3n) is 5.50. The molecule has 2 saturated heterocycles. The fourth-order valence-corrected chi connectivity index (χ4v) is 3.75. The largest absolute Gasteiger partial charge is 0.391 e. The minimum absolute atomic E-state index is 0.0358. The number of hydrogen-bond acceptors (Lipinski definition) is 3. The first-order valence-corrected chi connectivity index (χ1v) is 9.45. The van der Waals surface area contributed by atoms with E-state index in [1.807, 2.05) is 19.1 Å². The third kappa shape index (κ3) is 4.46. The van der Waals surface area contributed by atoms with E-state index in [9.17, 15) is 23.2 Å². The number of urea groups is 1. The van der Waals surface area contributed by atoms with Crippen LogP contribution in [0.5, 0.6) is 0 Å². The van der Waals surface area contributed by atoms with Gasteiger partial charge in [0.2, 0.25) is 0 Å². The maximum absolute atomic E-state index is 12.8. The number of carbonyl (C=O) groups is 1. The van der Waals surface area contributed by atoms with Crippen LogP contribution in [0.4, 0.5) is 18.0 Å². The summed E-state index contributed by atoms with van der Waals surface area (Å²) >= 11 is 0. The van der Waals surface area contributed by atoms with Gasteiger partial charge >= 0.3 is 12.2 Å². The van der Waals surface area contributed by atoms with Crippen LogP contribution in [-0.4, -0.2) is 53.2 Å². The number of nitriles is 1. The molecule has 2 aliphatic heterocycles. The molecule has 3 heterocycles. The van der Waals surface area contributed by atoms with Crippen molar-refractivity contribution in [2.45, 2.75) is 38.8 Å². The zero-order valence-corrected chi connectivity index (χ0v) is 15.8. The number of piperidine rings is 2. The van der Waals surface area contributed by atoms with Crippen LogP contribution in [0.2, 0.25) is 0 Å². The second-order valence-electron chi connectivity index (χ2n) is 7.38. The van der Waals surface area contributed by atoms with Gasteiger partial charge < -0.3 is 9.80 Å². The fourth-order valence-electron chi connectivity index (χ4n) is 3.75. The second kappa shape index (κ2) is 8.21. The first kappa shape index (κ1) is 20.2. The monoisotopic (exact) mass is 392 g/mol. The van der Waals surface area contributed by atoms with E-state index >= 15 is 0 Å². The highest BCUT2D eigenvalue weighted by Crippen LogP contribution is 2.34. The molecule has 2 fully saturated rings. The SMILES string of the molecule is Cc1ccc(C(C#N)=C2CCN(C(=O)N3CCC(C(F)(F)F)CC3)CC2)nc1. The minimum Gasteiger partial charge on any atom is -0.325 e. The molecule has 0 aromatic carbocycles. The van der Waals surface area contributed by atoms with Gasteiger partial charge in [-0.15, -0.1) is 0 Å². The molecule has 0 saturated carbocycles. The molecule has 1 aromatic rings. The summed E-state index contributed by atoms with van der Waals surface area (Å²) in [5.74, 6) is -1.31. The van der Waals surface area contributed by atoms with Crippen molar-refractivity contribution < 1.29 is 18.0 Å². The topological polar surface area (TPSA) is 60.2 Å². The van der Waals surface area contributed by atoms with Crippen molar-refractivity contribution in [2.24, 2.45) is 5.92 Å². The fraction of sp³-hybridized carbons (Fsp3) is 0.550. The van der Waals surface area contributed by atoms with Crippen LogP contribution < -0.4 is 0 Å². The summed E-state index contributed by atoms with van der Waals surface area (Å²) < 4.78 is 38.4. The Balaban J connectivity index is 1.60. The highest BCUT2D eigenvalue weighted by atomic mass is 19.4. The molecule has 8 heteroatoms. The summed E-state index contributed by atoms with van der Waals surface area (Å²) in [4.78, 5) is 20.2. The molecule has 0 radical (unpaired) electrons. The second-order valence-corrected chi connectivity index (χ2v) is 7.38. The average Bonchev–Trinajstić information content (AvgIpc) is 2.69. The number of pyridine rings is 1. The highest BCUT2D eigenvalue weighted by Gasteiger charge is 2.42. The van der Waals surface area contributed by atoms with Crippen molar-refractivity contribution >= 4 is 11.6 Å². The summed E-state index contributed by atoms with van der Waals surface area (Å²) in [5, 5.41) is 9.54. The van der Waals surface area contributed by atoms with Crippen LogP contribution in [0.1, 0.15) is 36.9 Å². The minimum atomic E-state index is -4.18. The number of rotatable bonds is 1. The standard InChI is InChI=1S/C20H23F3N4O/c1-14-2-3-18(25-13-14)17(12-24)15-4-8-26(9-5-15)19(28)27-10-6-16(7-11-27)20(21,22)23/h2-3,13,16H,4-11H2,1H3. The Kier molecular flexibility index (Phi) is 5.92. The molecule has 5 nitrogen and oxygen atoms in total. The van der Waals surface area contributed by atoms with E-state index in [4.69, 9.17) is 0 Å². The van der Waals surface area contributed by atoms with Gasteiger partial charge in [-0.25, -0.2) is 4.79 Å². The van der Waals surface area contributed by atoms with Crippen LogP contribution in [0.15, 0.2) is 23.9 Å². The summed E-state index contributed by atoms with van der Waals surface area (Å²) in [6.07, 6.45) is -1.39. The zero-order chi connectivity index (χ0) is 20.3. The van der Waals surface area contributed by atoms with Crippen LogP contribution in [0.3, 0.4) is 0 Å². The van der Waals surface area contributed by atoms with Crippen LogP contribution in [-0.2, 0) is 0 Å². The van der Waals surface area contributed by atoms with Crippen LogP contribution in [0.25, 0.3) is 5.57 Å². The van der Waals surface area contributed by atoms with E-state index < -0.39 is 12.1 Å². The number of amides is 2. The van der Waals surface area contributed by atoms with Gasteiger partial charge in [0.05, 0.1) is 17.2 Å². The first-order valence-electron chi connectivity index (χ1n) is 9.45. The Bertz CT molecular complexity index is 777. The molecular weight excluding hydrogens is 369 g/mol. The predicted molar refractivity (Wildman–Crippen MR) is 98.1 cm³/mol. The molecule has 3 rings (SSSR count). The number of likely N-dealkylation sites (tertiary alicyclic amines) is 2. The number of carbonyl (C=O) groups excluding carboxylic acids is 1. The molecule has 2 amide bonds. The van der Waals surface area contributed by atoms with E-state index in [1.165, 1.54) is 4.90 Å². The molecule has 0 aliphatic carbocycles. The van der Waals surface area contributed by atoms with Gasteiger partial charge in [-0.1, -0.05) is 6.07 Å². The molecule has 0 N–H and O–H groups in total. The summed E-state index contributed by atoms with van der Waals surface area (Å²) in [7, 11) is 0. The van der Waals surface area contributed by atoms with Gasteiger partial charge in [-0.2, -0.15) is 18.4 Å². The smallest absolute Gasteiger partial charge is 0.325 e. The predicted octanol–water partition coefficient (Wildman–Crippen LogP) is 4.16. The maximum atomic E-state index is 12.8. The van der Waals surface area contributed by atoms with E-state index in [0.717, 1.165) is 11.1 Å². The Morgan fingerprint density at radius 3 is 2.25 bits per heavy atom. The van der Waals surface area contributed by atoms with Gasteiger partial charge in [0.25, 0.3) is 0 Å². The normalized spacial score (nSPS) is 18.8. The lowest BCUT2D eigenvalue weighted by Gasteiger charge is -2.38. The van der Waals surface area contributed by atoms with Crippen molar-refractivity contribution in [2.75, 3.05) is 26.2 Å². The first-order chi connectivity index (χ1) is 13.3. The molecule has 0 unspecified atom stereocenters. The summed E-state index contributed by atoms with van der Waals surface area (Å²) in [5.41, 5.74) is 3.18. The number of halogens is 3. The van der Waals surface area contributed by atoms with Crippen LogP contribution in [0, 0.1) is 24.2 Å². The van der Waals surface area contributed by atoms with Gasteiger partial charge in [0.15, 0.2) is 0 Å². The van der Waals surface area contributed by atoms with E-state index in [1.54, 1.807) is 11.1 Å². The molecule has 2 aliphatic rings. The average molecular weight is 392 g/mol. The van der Waals surface area contributed by atoms with Gasteiger partial charge in [-0.3, -0.25) is 4.98 Å². The number of aryl methyl sites for hydroxylation is 1.